The third-order valence-corrected chi connectivity index (χ3v) is 5.76. The monoisotopic (exact) mass is 427 g/mol. The largest absolute Gasteiger partial charge is 0.508 e. The molecule has 1 saturated heterocycles. The normalized spacial score (nSPS) is 16.2. The molecule has 0 unspecified atom stereocenters. The number of hydrogen-bond acceptors (Lipinski definition) is 4. The second kappa shape index (κ2) is 8.57. The minimum atomic E-state index is -0.308. The molecule has 0 spiro atoms. The zero-order valence-corrected chi connectivity index (χ0v) is 17.0. The van der Waals surface area contributed by atoms with Gasteiger partial charge in [-0.15, -0.1) is 0 Å². The van der Waals surface area contributed by atoms with Crippen LogP contribution in [0.2, 0.25) is 15.1 Å². The first-order chi connectivity index (χ1) is 12.8. The van der Waals surface area contributed by atoms with E-state index in [4.69, 9.17) is 34.8 Å². The number of amides is 1. The number of phenols is 1. The van der Waals surface area contributed by atoms with E-state index in [9.17, 15) is 9.90 Å². The Hall–Kier alpha value is -1.66. The van der Waals surface area contributed by atoms with Crippen LogP contribution in [0.1, 0.15) is 6.92 Å². The Morgan fingerprint density at radius 3 is 2.22 bits per heavy atom. The lowest BCUT2D eigenvalue weighted by Crippen LogP contribution is -2.52. The fourth-order valence-electron chi connectivity index (χ4n) is 3.05. The molecule has 1 aliphatic heterocycles. The van der Waals surface area contributed by atoms with Gasteiger partial charge >= 0.3 is 0 Å². The van der Waals surface area contributed by atoms with Gasteiger partial charge in [-0.05, 0) is 43.3 Å². The molecule has 8 heteroatoms. The van der Waals surface area contributed by atoms with Crippen molar-refractivity contribution in [3.8, 4) is 5.75 Å². The average Bonchev–Trinajstić information content (AvgIpc) is 2.66. The molecule has 2 N–H and O–H groups in total. The van der Waals surface area contributed by atoms with Gasteiger partial charge in [-0.25, -0.2) is 0 Å². The number of anilines is 2. The first-order valence-electron chi connectivity index (χ1n) is 8.58. The number of piperazine rings is 1. The van der Waals surface area contributed by atoms with Gasteiger partial charge in [-0.3, -0.25) is 9.69 Å². The van der Waals surface area contributed by atoms with E-state index in [1.807, 2.05) is 19.1 Å². The maximum absolute atomic E-state index is 12.6. The summed E-state index contributed by atoms with van der Waals surface area (Å²) in [5.74, 6) is 0.108. The molecular weight excluding hydrogens is 409 g/mol. The summed E-state index contributed by atoms with van der Waals surface area (Å²) in [4.78, 5) is 17.0. The highest BCUT2D eigenvalue weighted by atomic mass is 35.5. The summed E-state index contributed by atoms with van der Waals surface area (Å²) < 4.78 is 0. The van der Waals surface area contributed by atoms with E-state index in [-0.39, 0.29) is 17.7 Å². The number of benzene rings is 2. The van der Waals surface area contributed by atoms with Crippen molar-refractivity contribution in [2.75, 3.05) is 36.4 Å². The average molecular weight is 429 g/mol. The SMILES string of the molecule is C[C@@H](C(=O)Nc1cc(Cl)c(Cl)cc1Cl)N1CCN(c2ccc(O)cc2)CC1. The number of phenolic OH excluding ortho intramolecular Hbond substituents is 1. The topological polar surface area (TPSA) is 55.8 Å². The van der Waals surface area contributed by atoms with Crippen LogP contribution in [0.4, 0.5) is 11.4 Å². The summed E-state index contributed by atoms with van der Waals surface area (Å²) in [5.41, 5.74) is 1.51. The molecule has 2 aromatic rings. The lowest BCUT2D eigenvalue weighted by atomic mass is 10.2. The summed E-state index contributed by atoms with van der Waals surface area (Å²) in [5, 5.41) is 13.3. The third-order valence-electron chi connectivity index (χ3n) is 4.72. The van der Waals surface area contributed by atoms with E-state index in [0.29, 0.717) is 20.8 Å². The van der Waals surface area contributed by atoms with E-state index in [1.54, 1.807) is 18.2 Å². The molecule has 1 heterocycles. The minimum absolute atomic E-state index is 0.145. The smallest absolute Gasteiger partial charge is 0.241 e. The first kappa shape index (κ1) is 20.1. The molecule has 1 aliphatic rings. The Labute approximate surface area is 173 Å². The first-order valence-corrected chi connectivity index (χ1v) is 9.72. The Kier molecular flexibility index (Phi) is 6.37. The molecule has 1 amide bonds. The van der Waals surface area contributed by atoms with E-state index in [1.165, 1.54) is 6.07 Å². The van der Waals surface area contributed by atoms with Gasteiger partial charge in [0.2, 0.25) is 5.91 Å². The Balaban J connectivity index is 1.58. The van der Waals surface area contributed by atoms with Crippen molar-refractivity contribution in [2.24, 2.45) is 0 Å². The van der Waals surface area contributed by atoms with Crippen LogP contribution in [0.3, 0.4) is 0 Å². The summed E-state index contributed by atoms with van der Waals surface area (Å²) in [6.07, 6.45) is 0. The van der Waals surface area contributed by atoms with Crippen molar-refractivity contribution in [3.05, 3.63) is 51.5 Å². The molecule has 0 radical (unpaired) electrons. The van der Waals surface area contributed by atoms with Crippen molar-refractivity contribution in [1.82, 2.24) is 4.90 Å². The second-order valence-electron chi connectivity index (χ2n) is 6.45. The van der Waals surface area contributed by atoms with Crippen LogP contribution in [-0.4, -0.2) is 48.1 Å². The lowest BCUT2D eigenvalue weighted by molar-refractivity contribution is -0.120. The molecule has 27 heavy (non-hydrogen) atoms. The Morgan fingerprint density at radius 2 is 1.59 bits per heavy atom. The molecule has 1 fully saturated rings. The third kappa shape index (κ3) is 4.79. The van der Waals surface area contributed by atoms with Crippen molar-refractivity contribution in [1.29, 1.82) is 0 Å². The zero-order valence-electron chi connectivity index (χ0n) is 14.8. The summed E-state index contributed by atoms with van der Waals surface area (Å²) in [7, 11) is 0. The van der Waals surface area contributed by atoms with Crippen molar-refractivity contribution in [3.63, 3.8) is 0 Å². The highest BCUT2D eigenvalue weighted by Gasteiger charge is 2.26. The standard InChI is InChI=1S/C19H20Cl3N3O2/c1-12(19(27)23-18-11-16(21)15(20)10-17(18)22)24-6-8-25(9-7-24)13-2-4-14(26)5-3-13/h2-5,10-12,26H,6-9H2,1H3,(H,23,27)/t12-/m0/s1. The Bertz CT molecular complexity index is 822. The van der Waals surface area contributed by atoms with Gasteiger partial charge in [0, 0.05) is 31.9 Å². The van der Waals surface area contributed by atoms with E-state index in [0.717, 1.165) is 31.9 Å². The minimum Gasteiger partial charge on any atom is -0.508 e. The predicted molar refractivity (Wildman–Crippen MR) is 111 cm³/mol. The molecule has 2 aromatic carbocycles. The molecule has 5 nitrogen and oxygen atoms in total. The van der Waals surface area contributed by atoms with Crippen LogP contribution in [-0.2, 0) is 4.79 Å². The molecular formula is C19H20Cl3N3O2. The summed E-state index contributed by atoms with van der Waals surface area (Å²) in [6, 6.07) is 9.91. The van der Waals surface area contributed by atoms with E-state index < -0.39 is 0 Å². The van der Waals surface area contributed by atoms with Gasteiger partial charge in [0.25, 0.3) is 0 Å². The summed E-state index contributed by atoms with van der Waals surface area (Å²) in [6.45, 7) is 4.98. The number of halogens is 3. The molecule has 3 rings (SSSR count). The highest BCUT2D eigenvalue weighted by Crippen LogP contribution is 2.32. The predicted octanol–water partition coefficient (Wildman–Crippen LogP) is 4.50. The fourth-order valence-corrected chi connectivity index (χ4v) is 3.65. The Morgan fingerprint density at radius 1 is 1.00 bits per heavy atom. The fraction of sp³-hybridized carbons (Fsp3) is 0.316. The number of carbonyl (C=O) groups is 1. The van der Waals surface area contributed by atoms with Crippen LogP contribution in [0.25, 0.3) is 0 Å². The van der Waals surface area contributed by atoms with Crippen LogP contribution in [0.5, 0.6) is 5.75 Å². The maximum atomic E-state index is 12.6. The molecule has 0 aromatic heterocycles. The molecule has 144 valence electrons. The summed E-state index contributed by atoms with van der Waals surface area (Å²) >= 11 is 18.1. The van der Waals surface area contributed by atoms with Gasteiger partial charge in [-0.1, -0.05) is 34.8 Å². The van der Waals surface area contributed by atoms with Crippen molar-refractivity contribution in [2.45, 2.75) is 13.0 Å². The van der Waals surface area contributed by atoms with Crippen molar-refractivity contribution >= 4 is 52.1 Å². The molecule has 1 atom stereocenters. The number of carbonyl (C=O) groups excluding carboxylic acids is 1. The van der Waals surface area contributed by atoms with Gasteiger partial charge in [-0.2, -0.15) is 0 Å². The van der Waals surface area contributed by atoms with Gasteiger partial charge in [0.05, 0.1) is 26.8 Å². The van der Waals surface area contributed by atoms with Gasteiger partial charge < -0.3 is 15.3 Å². The van der Waals surface area contributed by atoms with Gasteiger partial charge in [0.1, 0.15) is 5.75 Å². The molecule has 0 bridgehead atoms. The van der Waals surface area contributed by atoms with Crippen LogP contribution in [0.15, 0.2) is 36.4 Å². The maximum Gasteiger partial charge on any atom is 0.241 e. The van der Waals surface area contributed by atoms with Gasteiger partial charge in [0.15, 0.2) is 0 Å². The quantitative estimate of drug-likeness (QED) is 0.704. The number of hydrogen-bond donors (Lipinski definition) is 2. The number of rotatable bonds is 4. The van der Waals surface area contributed by atoms with Crippen molar-refractivity contribution < 1.29 is 9.90 Å². The second-order valence-corrected chi connectivity index (χ2v) is 7.67. The van der Waals surface area contributed by atoms with E-state index in [2.05, 4.69) is 15.1 Å². The molecule has 0 saturated carbocycles. The van der Waals surface area contributed by atoms with Crippen LogP contribution >= 0.6 is 34.8 Å². The van der Waals surface area contributed by atoms with E-state index >= 15 is 0 Å². The highest BCUT2D eigenvalue weighted by molar-refractivity contribution is 6.44. The van der Waals surface area contributed by atoms with Crippen LogP contribution < -0.4 is 10.2 Å². The number of nitrogens with one attached hydrogen (secondary N) is 1. The molecule has 0 aliphatic carbocycles. The lowest BCUT2D eigenvalue weighted by Gasteiger charge is -2.38. The number of aromatic hydroxyl groups is 1. The number of nitrogens with zero attached hydrogens (tertiary/aromatic N) is 2. The zero-order chi connectivity index (χ0) is 19.6. The van der Waals surface area contributed by atoms with Crippen LogP contribution in [0, 0.1) is 0 Å².